The summed E-state index contributed by atoms with van der Waals surface area (Å²) in [6.07, 6.45) is 5.38. The summed E-state index contributed by atoms with van der Waals surface area (Å²) in [5, 5.41) is 3.02. The number of carbonyl (C=O) groups excluding carboxylic acids is 1. The highest BCUT2D eigenvalue weighted by Gasteiger charge is 2.52. The van der Waals surface area contributed by atoms with Crippen molar-refractivity contribution in [2.45, 2.75) is 36.2 Å². The van der Waals surface area contributed by atoms with Crippen LogP contribution in [0.5, 0.6) is 11.5 Å². The molecule has 2 aliphatic rings. The van der Waals surface area contributed by atoms with Gasteiger partial charge in [-0.2, -0.15) is 0 Å². The van der Waals surface area contributed by atoms with E-state index in [0.29, 0.717) is 17.0 Å². The number of rotatable bonds is 7. The molecular formula is C24H22FN3O3S. The summed E-state index contributed by atoms with van der Waals surface area (Å²) in [5.74, 6) is 0.924. The number of anilines is 2. The van der Waals surface area contributed by atoms with Gasteiger partial charge in [-0.1, -0.05) is 18.6 Å². The molecule has 2 aromatic carbocycles. The van der Waals surface area contributed by atoms with Gasteiger partial charge in [-0.25, -0.2) is 4.39 Å². The highest BCUT2D eigenvalue weighted by molar-refractivity contribution is 8.00. The third kappa shape index (κ3) is 3.64. The van der Waals surface area contributed by atoms with Crippen LogP contribution < -0.4 is 19.5 Å². The molecule has 32 heavy (non-hydrogen) atoms. The first kappa shape index (κ1) is 20.6. The summed E-state index contributed by atoms with van der Waals surface area (Å²) < 4.78 is 28.3. The maximum absolute atomic E-state index is 13.5. The number of ether oxygens (including phenoxy) is 2. The van der Waals surface area contributed by atoms with E-state index < -0.39 is 11.2 Å². The minimum atomic E-state index is -0.485. The first-order chi connectivity index (χ1) is 15.6. The number of benzene rings is 2. The molecule has 3 aromatic rings. The fourth-order valence-electron chi connectivity index (χ4n) is 4.19. The van der Waals surface area contributed by atoms with Gasteiger partial charge in [0.1, 0.15) is 23.9 Å². The lowest BCUT2D eigenvalue weighted by Gasteiger charge is -2.36. The average molecular weight is 452 g/mol. The summed E-state index contributed by atoms with van der Waals surface area (Å²) in [7, 11) is 1.64. The fourth-order valence-corrected chi connectivity index (χ4v) is 4.93. The van der Waals surface area contributed by atoms with Crippen LogP contribution in [0.15, 0.2) is 59.8 Å². The predicted octanol–water partition coefficient (Wildman–Crippen LogP) is 5.30. The van der Waals surface area contributed by atoms with Gasteiger partial charge in [0.25, 0.3) is 0 Å². The van der Waals surface area contributed by atoms with Crippen molar-refractivity contribution < 1.29 is 18.7 Å². The van der Waals surface area contributed by atoms with Crippen molar-refractivity contribution in [3.63, 3.8) is 0 Å². The second kappa shape index (κ2) is 8.35. The van der Waals surface area contributed by atoms with Crippen LogP contribution in [-0.4, -0.2) is 18.0 Å². The third-order valence-corrected chi connectivity index (χ3v) is 6.90. The van der Waals surface area contributed by atoms with Gasteiger partial charge < -0.3 is 19.5 Å². The molecule has 1 saturated carbocycles. The normalized spacial score (nSPS) is 15.6. The van der Waals surface area contributed by atoms with Crippen LogP contribution >= 0.6 is 11.9 Å². The van der Waals surface area contributed by atoms with Crippen molar-refractivity contribution >= 4 is 29.2 Å². The number of nitrogens with one attached hydrogen (secondary N) is 2. The molecule has 1 aliphatic heterocycles. The Morgan fingerprint density at radius 3 is 2.78 bits per heavy atom. The van der Waals surface area contributed by atoms with Crippen LogP contribution in [0.3, 0.4) is 0 Å². The van der Waals surface area contributed by atoms with E-state index in [1.54, 1.807) is 13.3 Å². The molecule has 0 unspecified atom stereocenters. The molecule has 2 N–H and O–H groups in total. The van der Waals surface area contributed by atoms with Crippen molar-refractivity contribution in [1.29, 1.82) is 0 Å². The Balaban J connectivity index is 1.45. The SMILES string of the molecule is COc1ccccc1SNc1cc(OCc2cncc(F)c2)c2c(c1)C1(CCC1)C(=O)N2. The van der Waals surface area contributed by atoms with Crippen LogP contribution in [0.4, 0.5) is 15.8 Å². The number of hydrogen-bond donors (Lipinski definition) is 2. The largest absolute Gasteiger partial charge is 0.496 e. The molecule has 0 atom stereocenters. The third-order valence-electron chi connectivity index (χ3n) is 6.00. The van der Waals surface area contributed by atoms with Crippen molar-refractivity contribution in [1.82, 2.24) is 4.98 Å². The van der Waals surface area contributed by atoms with E-state index in [4.69, 9.17) is 9.47 Å². The van der Waals surface area contributed by atoms with E-state index in [9.17, 15) is 9.18 Å². The number of methoxy groups -OCH3 is 1. The number of aromatic nitrogens is 1. The van der Waals surface area contributed by atoms with Gasteiger partial charge in [0.05, 0.1) is 29.3 Å². The van der Waals surface area contributed by atoms with E-state index in [1.807, 2.05) is 36.4 Å². The van der Waals surface area contributed by atoms with Crippen molar-refractivity contribution in [3.05, 3.63) is 71.8 Å². The highest BCUT2D eigenvalue weighted by Crippen LogP contribution is 2.54. The molecule has 8 heteroatoms. The molecule has 5 rings (SSSR count). The number of para-hydroxylation sites is 1. The summed E-state index contributed by atoms with van der Waals surface area (Å²) in [5.41, 5.74) is 2.59. The number of fused-ring (bicyclic) bond motifs is 2. The maximum Gasteiger partial charge on any atom is 0.235 e. The Morgan fingerprint density at radius 1 is 1.19 bits per heavy atom. The van der Waals surface area contributed by atoms with Gasteiger partial charge in [0.15, 0.2) is 0 Å². The van der Waals surface area contributed by atoms with E-state index in [-0.39, 0.29) is 12.5 Å². The second-order valence-corrected chi connectivity index (χ2v) is 8.79. The van der Waals surface area contributed by atoms with Gasteiger partial charge in [-0.3, -0.25) is 9.78 Å². The Hall–Kier alpha value is -3.26. The summed E-state index contributed by atoms with van der Waals surface area (Å²) in [6, 6.07) is 13.0. The van der Waals surface area contributed by atoms with Crippen LogP contribution in [0.2, 0.25) is 0 Å². The summed E-state index contributed by atoms with van der Waals surface area (Å²) in [6.45, 7) is 0.142. The lowest BCUT2D eigenvalue weighted by atomic mass is 9.65. The Labute approximate surface area is 189 Å². The fraction of sp³-hybridized carbons (Fsp3) is 0.250. The lowest BCUT2D eigenvalue weighted by Crippen LogP contribution is -2.40. The maximum atomic E-state index is 13.5. The Morgan fingerprint density at radius 2 is 2.03 bits per heavy atom. The molecule has 1 aromatic heterocycles. The van der Waals surface area contributed by atoms with Gasteiger partial charge in [0, 0.05) is 23.5 Å². The molecule has 1 spiro atoms. The molecule has 6 nitrogen and oxygen atoms in total. The van der Waals surface area contributed by atoms with Crippen molar-refractivity contribution in [2.75, 3.05) is 17.1 Å². The topological polar surface area (TPSA) is 72.5 Å². The van der Waals surface area contributed by atoms with Gasteiger partial charge in [0.2, 0.25) is 5.91 Å². The molecular weight excluding hydrogens is 429 g/mol. The summed E-state index contributed by atoms with van der Waals surface area (Å²) in [4.78, 5) is 17.6. The minimum absolute atomic E-state index is 0.0190. The number of carbonyl (C=O) groups is 1. The zero-order chi connectivity index (χ0) is 22.1. The van der Waals surface area contributed by atoms with Crippen molar-refractivity contribution in [3.8, 4) is 11.5 Å². The minimum Gasteiger partial charge on any atom is -0.496 e. The van der Waals surface area contributed by atoms with Crippen molar-refractivity contribution in [2.24, 2.45) is 0 Å². The zero-order valence-electron chi connectivity index (χ0n) is 17.5. The molecule has 0 bridgehead atoms. The van der Waals surface area contributed by atoms with E-state index >= 15 is 0 Å². The number of halogens is 1. The zero-order valence-corrected chi connectivity index (χ0v) is 18.3. The molecule has 0 radical (unpaired) electrons. The van der Waals surface area contributed by atoms with Crippen LogP contribution in [0.1, 0.15) is 30.4 Å². The van der Waals surface area contributed by atoms with E-state index in [0.717, 1.165) is 47.4 Å². The van der Waals surface area contributed by atoms with Gasteiger partial charge in [-0.15, -0.1) is 0 Å². The lowest BCUT2D eigenvalue weighted by molar-refractivity contribution is -0.123. The molecule has 1 fully saturated rings. The quantitative estimate of drug-likeness (QED) is 0.475. The molecule has 1 aliphatic carbocycles. The highest BCUT2D eigenvalue weighted by atomic mass is 32.2. The number of amides is 1. The van der Waals surface area contributed by atoms with E-state index in [1.165, 1.54) is 18.0 Å². The first-order valence-electron chi connectivity index (χ1n) is 10.4. The van der Waals surface area contributed by atoms with Gasteiger partial charge in [-0.05, 0) is 54.6 Å². The number of nitrogens with zero attached hydrogens (tertiary/aromatic N) is 1. The van der Waals surface area contributed by atoms with Crippen LogP contribution in [0.25, 0.3) is 0 Å². The average Bonchev–Trinajstić information content (AvgIpc) is 3.08. The van der Waals surface area contributed by atoms with Gasteiger partial charge >= 0.3 is 0 Å². The molecule has 1 amide bonds. The monoisotopic (exact) mass is 451 g/mol. The summed E-state index contributed by atoms with van der Waals surface area (Å²) >= 11 is 1.43. The molecule has 164 valence electrons. The standard InChI is InChI=1S/C24H22FN3O3S/c1-30-19-5-2-3-6-21(19)32-28-17-10-18-22(27-23(29)24(18)7-4-8-24)20(11-17)31-14-15-9-16(25)13-26-12-15/h2-3,5-6,9-13,28H,4,7-8,14H2,1H3,(H,27,29). The van der Waals surface area contributed by atoms with E-state index in [2.05, 4.69) is 15.0 Å². The second-order valence-electron chi connectivity index (χ2n) is 7.94. The first-order valence-corrected chi connectivity index (χ1v) is 11.2. The number of pyridine rings is 1. The molecule has 2 heterocycles. The van der Waals surface area contributed by atoms with Crippen LogP contribution in [-0.2, 0) is 16.8 Å². The Kier molecular flexibility index (Phi) is 5.38. The predicted molar refractivity (Wildman–Crippen MR) is 122 cm³/mol. The smallest absolute Gasteiger partial charge is 0.235 e. The number of hydrogen-bond acceptors (Lipinski definition) is 6. The Bertz CT molecular complexity index is 1180. The molecule has 0 saturated heterocycles. The van der Waals surface area contributed by atoms with Crippen LogP contribution in [0, 0.1) is 5.82 Å².